The summed E-state index contributed by atoms with van der Waals surface area (Å²) >= 11 is 0. The predicted octanol–water partition coefficient (Wildman–Crippen LogP) is 1.37. The molecule has 0 saturated heterocycles. The van der Waals surface area contributed by atoms with Gasteiger partial charge in [-0.05, 0) is 6.42 Å². The van der Waals surface area contributed by atoms with Gasteiger partial charge in [-0.3, -0.25) is 4.79 Å². The number of carbonyl (C=O) groups is 2. The molecule has 0 saturated carbocycles. The SMILES string of the molecule is CCCCCCCOCCOCCOCCOCCOCCOCCOCCOCCOCCOCCOCCOCCNC(=O)COCC(=O)O. The Balaban J connectivity index is 3.08. The zero-order chi connectivity index (χ0) is 37.7. The van der Waals surface area contributed by atoms with Crippen LogP contribution >= 0.6 is 0 Å². The number of nitrogens with one attached hydrogen (secondary N) is 1. The van der Waals surface area contributed by atoms with Gasteiger partial charge in [0.25, 0.3) is 0 Å². The molecule has 17 nitrogen and oxygen atoms in total. The summed E-state index contributed by atoms with van der Waals surface area (Å²) in [4.78, 5) is 21.7. The number of hydrogen-bond donors (Lipinski definition) is 2. The fourth-order valence-corrected chi connectivity index (χ4v) is 3.87. The van der Waals surface area contributed by atoms with E-state index < -0.39 is 18.5 Å². The second kappa shape index (κ2) is 45.6. The summed E-state index contributed by atoms with van der Waals surface area (Å²) in [5.41, 5.74) is 0. The predicted molar refractivity (Wildman–Crippen MR) is 190 cm³/mol. The van der Waals surface area contributed by atoms with E-state index in [2.05, 4.69) is 17.0 Å². The molecule has 0 aromatic carbocycles. The fraction of sp³-hybridized carbons (Fsp3) is 0.943. The minimum absolute atomic E-state index is 0.300. The second-order valence-electron chi connectivity index (χ2n) is 11.0. The summed E-state index contributed by atoms with van der Waals surface area (Å²) in [6.07, 6.45) is 6.24. The Morgan fingerprint density at radius 1 is 0.365 bits per heavy atom. The molecule has 0 aliphatic carbocycles. The van der Waals surface area contributed by atoms with Gasteiger partial charge in [-0.15, -0.1) is 0 Å². The Kier molecular flexibility index (Phi) is 44.2. The van der Waals surface area contributed by atoms with E-state index in [9.17, 15) is 9.59 Å². The van der Waals surface area contributed by atoms with Gasteiger partial charge in [0.05, 0.1) is 152 Å². The number of carbonyl (C=O) groups excluding carboxylic acids is 1. The molecule has 310 valence electrons. The van der Waals surface area contributed by atoms with Gasteiger partial charge in [0, 0.05) is 13.2 Å². The number of aliphatic carboxylic acids is 1. The maximum Gasteiger partial charge on any atom is 0.329 e. The maximum atomic E-state index is 11.4. The molecule has 0 aromatic heterocycles. The van der Waals surface area contributed by atoms with E-state index >= 15 is 0 Å². The lowest BCUT2D eigenvalue weighted by molar-refractivity contribution is -0.143. The van der Waals surface area contributed by atoms with Crippen molar-refractivity contribution in [3.8, 4) is 0 Å². The summed E-state index contributed by atoms with van der Waals surface area (Å²) in [5.74, 6) is -1.52. The molecule has 0 radical (unpaired) electrons. The van der Waals surface area contributed by atoms with Crippen LogP contribution in [0.2, 0.25) is 0 Å². The van der Waals surface area contributed by atoms with E-state index in [1.54, 1.807) is 0 Å². The van der Waals surface area contributed by atoms with Crippen LogP contribution in [0.5, 0.6) is 0 Å². The van der Waals surface area contributed by atoms with Crippen LogP contribution in [0.25, 0.3) is 0 Å². The zero-order valence-electron chi connectivity index (χ0n) is 31.7. The molecular formula is C35H69NO16. The van der Waals surface area contributed by atoms with Gasteiger partial charge in [0.1, 0.15) is 13.2 Å². The van der Waals surface area contributed by atoms with Gasteiger partial charge >= 0.3 is 5.97 Å². The van der Waals surface area contributed by atoms with Crippen molar-refractivity contribution in [3.05, 3.63) is 0 Å². The average molecular weight is 760 g/mol. The van der Waals surface area contributed by atoms with E-state index in [0.717, 1.165) is 13.0 Å². The van der Waals surface area contributed by atoms with Crippen molar-refractivity contribution in [2.24, 2.45) is 0 Å². The van der Waals surface area contributed by atoms with Crippen LogP contribution in [-0.4, -0.2) is 195 Å². The van der Waals surface area contributed by atoms with Crippen molar-refractivity contribution in [1.82, 2.24) is 5.32 Å². The summed E-state index contributed by atoms with van der Waals surface area (Å²) in [6.45, 7) is 13.7. The van der Waals surface area contributed by atoms with E-state index in [4.69, 9.17) is 61.9 Å². The molecule has 0 aliphatic heterocycles. The van der Waals surface area contributed by atoms with Crippen LogP contribution in [-0.2, 0) is 71.2 Å². The largest absolute Gasteiger partial charge is 0.480 e. The number of carboxylic acid groups (broad SMARTS) is 1. The zero-order valence-corrected chi connectivity index (χ0v) is 31.7. The first kappa shape index (κ1) is 50.4. The van der Waals surface area contributed by atoms with E-state index in [1.165, 1.54) is 25.7 Å². The molecule has 0 heterocycles. The highest BCUT2D eigenvalue weighted by molar-refractivity contribution is 5.77. The van der Waals surface area contributed by atoms with Crippen molar-refractivity contribution in [3.63, 3.8) is 0 Å². The smallest absolute Gasteiger partial charge is 0.329 e. The average Bonchev–Trinajstić information content (AvgIpc) is 3.13. The third-order valence-electron chi connectivity index (χ3n) is 6.51. The van der Waals surface area contributed by atoms with Gasteiger partial charge in [0.2, 0.25) is 5.91 Å². The van der Waals surface area contributed by atoms with Crippen molar-refractivity contribution in [1.29, 1.82) is 0 Å². The lowest BCUT2D eigenvalue weighted by Crippen LogP contribution is -2.31. The molecule has 0 unspecified atom stereocenters. The molecule has 1 amide bonds. The van der Waals surface area contributed by atoms with Gasteiger partial charge in [0.15, 0.2) is 0 Å². The molecule has 0 rings (SSSR count). The number of amides is 1. The van der Waals surface area contributed by atoms with Crippen LogP contribution < -0.4 is 5.32 Å². The van der Waals surface area contributed by atoms with Crippen molar-refractivity contribution >= 4 is 11.9 Å². The lowest BCUT2D eigenvalue weighted by atomic mass is 10.2. The van der Waals surface area contributed by atoms with Crippen LogP contribution in [0.4, 0.5) is 0 Å². The van der Waals surface area contributed by atoms with Gasteiger partial charge in [-0.1, -0.05) is 32.6 Å². The van der Waals surface area contributed by atoms with E-state index in [1.807, 2.05) is 0 Å². The summed E-state index contributed by atoms with van der Waals surface area (Å²) in [6, 6.07) is 0. The lowest BCUT2D eigenvalue weighted by Gasteiger charge is -2.09. The topological polar surface area (TPSA) is 186 Å². The first-order chi connectivity index (χ1) is 25.7. The van der Waals surface area contributed by atoms with Crippen LogP contribution in [0.15, 0.2) is 0 Å². The third kappa shape index (κ3) is 46.4. The number of unbranched alkanes of at least 4 members (excludes halogenated alkanes) is 4. The number of hydrogen-bond acceptors (Lipinski definition) is 15. The van der Waals surface area contributed by atoms with E-state index in [-0.39, 0.29) is 6.61 Å². The van der Waals surface area contributed by atoms with Crippen LogP contribution in [0.3, 0.4) is 0 Å². The van der Waals surface area contributed by atoms with Gasteiger partial charge in [-0.25, -0.2) is 4.79 Å². The van der Waals surface area contributed by atoms with Gasteiger partial charge < -0.3 is 72.0 Å². The fourth-order valence-electron chi connectivity index (χ4n) is 3.87. The first-order valence-corrected chi connectivity index (χ1v) is 18.7. The highest BCUT2D eigenvalue weighted by Crippen LogP contribution is 2.02. The van der Waals surface area contributed by atoms with Crippen molar-refractivity contribution < 1.29 is 76.3 Å². The quantitative estimate of drug-likeness (QED) is 0.0847. The molecular weight excluding hydrogens is 690 g/mol. The summed E-state index contributed by atoms with van der Waals surface area (Å²) in [7, 11) is 0. The Hall–Kier alpha value is -1.58. The summed E-state index contributed by atoms with van der Waals surface area (Å²) < 4.78 is 70.2. The van der Waals surface area contributed by atoms with Crippen LogP contribution in [0.1, 0.15) is 39.0 Å². The number of ether oxygens (including phenoxy) is 13. The maximum absolute atomic E-state index is 11.4. The normalized spacial score (nSPS) is 11.4. The monoisotopic (exact) mass is 759 g/mol. The Morgan fingerprint density at radius 3 is 0.962 bits per heavy atom. The Labute approximate surface area is 310 Å². The standard InChI is InChI=1S/C35H69NO16/c1-2-3-4-5-6-8-40-10-12-42-14-16-44-18-20-46-22-24-48-26-28-50-30-31-51-29-27-49-25-23-47-21-19-45-17-15-43-13-11-41-9-7-36-34(37)32-52-33-35(38)39/h2-33H2,1H3,(H,36,37)(H,38,39). The first-order valence-electron chi connectivity index (χ1n) is 18.7. The second-order valence-corrected chi connectivity index (χ2v) is 11.0. The van der Waals surface area contributed by atoms with Crippen LogP contribution in [0, 0.1) is 0 Å². The van der Waals surface area contributed by atoms with Crippen molar-refractivity contribution in [2.45, 2.75) is 39.0 Å². The molecule has 0 spiro atoms. The molecule has 0 aromatic rings. The molecule has 0 aliphatic rings. The molecule has 0 bridgehead atoms. The molecule has 0 fully saturated rings. The third-order valence-corrected chi connectivity index (χ3v) is 6.51. The molecule has 52 heavy (non-hydrogen) atoms. The Morgan fingerprint density at radius 2 is 0.654 bits per heavy atom. The molecule has 0 atom stereocenters. The minimum atomic E-state index is -1.12. The number of rotatable bonds is 46. The summed E-state index contributed by atoms with van der Waals surface area (Å²) in [5, 5.41) is 11.0. The molecule has 17 heteroatoms. The van der Waals surface area contributed by atoms with Gasteiger partial charge in [-0.2, -0.15) is 0 Å². The molecule has 2 N–H and O–H groups in total. The minimum Gasteiger partial charge on any atom is -0.480 e. The van der Waals surface area contributed by atoms with Crippen molar-refractivity contribution in [2.75, 3.05) is 178 Å². The highest BCUT2D eigenvalue weighted by atomic mass is 16.6. The number of carboxylic acids is 1. The van der Waals surface area contributed by atoms with E-state index in [0.29, 0.717) is 159 Å². The highest BCUT2D eigenvalue weighted by Gasteiger charge is 2.03. The Bertz CT molecular complexity index is 724.